The van der Waals surface area contributed by atoms with E-state index in [0.717, 1.165) is 40.1 Å². The summed E-state index contributed by atoms with van der Waals surface area (Å²) in [6.07, 6.45) is 1.45. The van der Waals surface area contributed by atoms with Gasteiger partial charge in [-0.1, -0.05) is 0 Å². The normalized spacial score (nSPS) is 11.8. The van der Waals surface area contributed by atoms with Gasteiger partial charge in [0.1, 0.15) is 11.4 Å². The second-order valence-electron chi connectivity index (χ2n) is 7.80. The van der Waals surface area contributed by atoms with Crippen LogP contribution in [0.3, 0.4) is 0 Å². The average Bonchev–Trinajstić information content (AvgIpc) is 3.23. The van der Waals surface area contributed by atoms with Crippen molar-refractivity contribution in [1.29, 1.82) is 0 Å². The van der Waals surface area contributed by atoms with Crippen molar-refractivity contribution < 1.29 is 13.2 Å². The Bertz CT molecular complexity index is 1570. The third-order valence-electron chi connectivity index (χ3n) is 5.38. The highest BCUT2D eigenvalue weighted by molar-refractivity contribution is 5.94. The Hall–Kier alpha value is -4.34. The molecule has 0 aromatic carbocycles. The summed E-state index contributed by atoms with van der Waals surface area (Å²) in [5.41, 5.74) is 3.41. The summed E-state index contributed by atoms with van der Waals surface area (Å²) >= 11 is 0. The van der Waals surface area contributed by atoms with Crippen molar-refractivity contribution >= 4 is 10.9 Å². The third kappa shape index (κ3) is 4.17. The van der Waals surface area contributed by atoms with Crippen LogP contribution < -0.4 is 5.56 Å². The Morgan fingerprint density at radius 3 is 2.56 bits per heavy atom. The summed E-state index contributed by atoms with van der Waals surface area (Å²) in [5.74, 6) is 0. The molecule has 0 aliphatic heterocycles. The molecule has 170 valence electrons. The van der Waals surface area contributed by atoms with Crippen LogP contribution in [0.1, 0.15) is 17.0 Å². The summed E-state index contributed by atoms with van der Waals surface area (Å²) in [6.45, 7) is 1.89. The third-order valence-corrected chi connectivity index (χ3v) is 5.38. The predicted molar refractivity (Wildman–Crippen MR) is 120 cm³/mol. The summed E-state index contributed by atoms with van der Waals surface area (Å²) in [4.78, 5) is 24.7. The van der Waals surface area contributed by atoms with Crippen LogP contribution >= 0.6 is 0 Å². The predicted octanol–water partition coefficient (Wildman–Crippen LogP) is 4.62. The number of aryl methyl sites for hydroxylation is 1. The summed E-state index contributed by atoms with van der Waals surface area (Å²) in [5, 5.41) is 8.21. The number of nitrogens with one attached hydrogen (secondary N) is 1. The van der Waals surface area contributed by atoms with E-state index in [4.69, 9.17) is 0 Å². The molecule has 5 aromatic rings. The minimum Gasteiger partial charge on any atom is -0.311 e. The van der Waals surface area contributed by atoms with Gasteiger partial charge in [0.2, 0.25) is 0 Å². The first-order valence-electron chi connectivity index (χ1n) is 10.3. The molecule has 0 spiro atoms. The SMILES string of the molecule is Cc1cc(-c2n[nH]c3cnc(-c4ccn(Cc5ccnc(C(F)(F)F)c5)c(=O)c4)cc23)ccn1. The second-order valence-corrected chi connectivity index (χ2v) is 7.80. The summed E-state index contributed by atoms with van der Waals surface area (Å²) < 4.78 is 40.1. The maximum absolute atomic E-state index is 12.9. The van der Waals surface area contributed by atoms with Crippen molar-refractivity contribution in [2.45, 2.75) is 19.6 Å². The van der Waals surface area contributed by atoms with Gasteiger partial charge < -0.3 is 4.57 Å². The van der Waals surface area contributed by atoms with Gasteiger partial charge in [-0.05, 0) is 48.9 Å². The molecule has 10 heteroatoms. The maximum Gasteiger partial charge on any atom is 0.433 e. The summed E-state index contributed by atoms with van der Waals surface area (Å²) in [6, 6.07) is 11.2. The van der Waals surface area contributed by atoms with E-state index in [-0.39, 0.29) is 12.1 Å². The fraction of sp³-hybridized carbons (Fsp3) is 0.125. The molecule has 0 bridgehead atoms. The lowest BCUT2D eigenvalue weighted by atomic mass is 10.1. The topological polar surface area (TPSA) is 89.4 Å². The van der Waals surface area contributed by atoms with E-state index in [2.05, 4.69) is 25.1 Å². The first-order valence-corrected chi connectivity index (χ1v) is 10.3. The Morgan fingerprint density at radius 1 is 0.971 bits per heavy atom. The molecule has 0 amide bonds. The molecule has 0 aliphatic carbocycles. The number of hydrogen-bond donors (Lipinski definition) is 1. The van der Waals surface area contributed by atoms with Crippen LogP contribution in [0.15, 0.2) is 72.0 Å². The lowest BCUT2D eigenvalue weighted by molar-refractivity contribution is -0.141. The molecule has 0 atom stereocenters. The number of hydrogen-bond acceptors (Lipinski definition) is 5. The van der Waals surface area contributed by atoms with Crippen LogP contribution in [0, 0.1) is 6.92 Å². The van der Waals surface area contributed by atoms with Gasteiger partial charge >= 0.3 is 6.18 Å². The van der Waals surface area contributed by atoms with E-state index in [1.807, 2.05) is 25.1 Å². The molecule has 1 N–H and O–H groups in total. The number of aromatic nitrogens is 6. The van der Waals surface area contributed by atoms with E-state index in [1.54, 1.807) is 24.7 Å². The first-order chi connectivity index (χ1) is 16.3. The second kappa shape index (κ2) is 8.22. The van der Waals surface area contributed by atoms with E-state index < -0.39 is 11.9 Å². The van der Waals surface area contributed by atoms with Crippen LogP contribution in [0.5, 0.6) is 0 Å². The van der Waals surface area contributed by atoms with Crippen molar-refractivity contribution in [2.75, 3.05) is 0 Å². The molecule has 0 radical (unpaired) electrons. The number of alkyl halides is 3. The standard InChI is InChI=1S/C24H17F3N6O/c1-14-8-17(3-6-28-14)23-18-11-19(30-12-20(18)31-32-23)16-4-7-33(22(34)10-16)13-15-2-5-29-21(9-15)24(25,26)27/h2-12H,13H2,1H3,(H,31,32). The van der Waals surface area contributed by atoms with Crippen LogP contribution in [0.2, 0.25) is 0 Å². The quantitative estimate of drug-likeness (QED) is 0.421. The van der Waals surface area contributed by atoms with Crippen LogP contribution in [-0.4, -0.2) is 29.7 Å². The molecule has 0 saturated heterocycles. The van der Waals surface area contributed by atoms with Crippen molar-refractivity contribution in [3.05, 3.63) is 94.6 Å². The largest absolute Gasteiger partial charge is 0.433 e. The van der Waals surface area contributed by atoms with Crippen LogP contribution in [-0.2, 0) is 12.7 Å². The van der Waals surface area contributed by atoms with Gasteiger partial charge in [0.15, 0.2) is 0 Å². The van der Waals surface area contributed by atoms with Gasteiger partial charge in [0, 0.05) is 46.9 Å². The molecule has 0 saturated carbocycles. The molecular formula is C24H17F3N6O. The maximum atomic E-state index is 12.9. The van der Waals surface area contributed by atoms with Crippen molar-refractivity contribution in [3.63, 3.8) is 0 Å². The highest BCUT2D eigenvalue weighted by Gasteiger charge is 2.32. The smallest absolute Gasteiger partial charge is 0.311 e. The summed E-state index contributed by atoms with van der Waals surface area (Å²) in [7, 11) is 0. The number of H-pyrrole nitrogens is 1. The van der Waals surface area contributed by atoms with Gasteiger partial charge in [-0.15, -0.1) is 0 Å². The molecule has 5 rings (SSSR count). The van der Waals surface area contributed by atoms with Gasteiger partial charge in [0.25, 0.3) is 5.56 Å². The van der Waals surface area contributed by atoms with Gasteiger partial charge in [0.05, 0.1) is 24.0 Å². The molecule has 7 nitrogen and oxygen atoms in total. The Balaban J connectivity index is 1.47. The molecule has 5 aromatic heterocycles. The number of fused-ring (bicyclic) bond motifs is 1. The number of nitrogens with zero attached hydrogens (tertiary/aromatic N) is 5. The van der Waals surface area contributed by atoms with Crippen molar-refractivity contribution in [2.24, 2.45) is 0 Å². The van der Waals surface area contributed by atoms with Crippen molar-refractivity contribution in [3.8, 4) is 22.5 Å². The van der Waals surface area contributed by atoms with E-state index in [0.29, 0.717) is 16.8 Å². The highest BCUT2D eigenvalue weighted by Crippen LogP contribution is 2.29. The van der Waals surface area contributed by atoms with E-state index in [1.165, 1.54) is 16.7 Å². The highest BCUT2D eigenvalue weighted by atomic mass is 19.4. The Labute approximate surface area is 191 Å². The van der Waals surface area contributed by atoms with Gasteiger partial charge in [-0.2, -0.15) is 18.3 Å². The van der Waals surface area contributed by atoms with E-state index >= 15 is 0 Å². The zero-order valence-electron chi connectivity index (χ0n) is 17.8. The number of rotatable bonds is 4. The van der Waals surface area contributed by atoms with E-state index in [9.17, 15) is 18.0 Å². The monoisotopic (exact) mass is 462 g/mol. The zero-order valence-corrected chi connectivity index (χ0v) is 17.8. The minimum atomic E-state index is -4.55. The number of halogens is 3. The molecule has 0 aliphatic rings. The molecular weight excluding hydrogens is 445 g/mol. The average molecular weight is 462 g/mol. The lowest BCUT2D eigenvalue weighted by Crippen LogP contribution is -2.19. The Kier molecular flexibility index (Phi) is 5.20. The van der Waals surface area contributed by atoms with Crippen LogP contribution in [0.25, 0.3) is 33.4 Å². The molecule has 0 unspecified atom stereocenters. The molecule has 5 heterocycles. The molecule has 34 heavy (non-hydrogen) atoms. The fourth-order valence-electron chi connectivity index (χ4n) is 3.71. The number of aromatic amines is 1. The van der Waals surface area contributed by atoms with Crippen LogP contribution in [0.4, 0.5) is 13.2 Å². The van der Waals surface area contributed by atoms with Gasteiger partial charge in [-0.25, -0.2) is 0 Å². The minimum absolute atomic E-state index is 0.00947. The zero-order chi connectivity index (χ0) is 23.9. The fourth-order valence-corrected chi connectivity index (χ4v) is 3.71. The Morgan fingerprint density at radius 2 is 1.79 bits per heavy atom. The van der Waals surface area contributed by atoms with Crippen molar-refractivity contribution in [1.82, 2.24) is 29.7 Å². The first kappa shape index (κ1) is 21.5. The lowest BCUT2D eigenvalue weighted by Gasteiger charge is -2.10. The van der Waals surface area contributed by atoms with Gasteiger partial charge in [-0.3, -0.25) is 24.8 Å². The molecule has 0 fully saturated rings. The number of pyridine rings is 4.